The molecule has 98 valence electrons. The number of aryl methyl sites for hydroxylation is 1. The molecule has 3 rings (SSSR count). The quantitative estimate of drug-likeness (QED) is 0.715. The summed E-state index contributed by atoms with van der Waals surface area (Å²) in [5.41, 5.74) is 7.47. The van der Waals surface area contributed by atoms with Gasteiger partial charge in [-0.3, -0.25) is 0 Å². The van der Waals surface area contributed by atoms with Gasteiger partial charge < -0.3 is 15.6 Å². The van der Waals surface area contributed by atoms with E-state index in [1.54, 1.807) is 17.7 Å². The van der Waals surface area contributed by atoms with E-state index in [0.717, 1.165) is 26.9 Å². The predicted octanol–water partition coefficient (Wildman–Crippen LogP) is 2.18. The Balaban J connectivity index is 1.87. The van der Waals surface area contributed by atoms with Gasteiger partial charge in [0.25, 0.3) is 0 Å². The first kappa shape index (κ1) is 11.9. The van der Waals surface area contributed by atoms with E-state index in [-0.39, 0.29) is 6.04 Å². The number of nitrogen functional groups attached to an aromatic ring is 1. The van der Waals surface area contributed by atoms with Gasteiger partial charge in [0, 0.05) is 12.7 Å². The maximum atomic E-state index is 5.77. The highest BCUT2D eigenvalue weighted by Gasteiger charge is 2.13. The van der Waals surface area contributed by atoms with Gasteiger partial charge in [0.15, 0.2) is 11.0 Å². The number of nitrogens with zero attached hydrogens (tertiary/aromatic N) is 4. The number of fused-ring (bicyclic) bond motifs is 1. The molecule has 2 heterocycles. The molecule has 0 amide bonds. The summed E-state index contributed by atoms with van der Waals surface area (Å²) >= 11 is 1.58. The van der Waals surface area contributed by atoms with Crippen molar-refractivity contribution in [3.63, 3.8) is 0 Å². The molecule has 0 aliphatic heterocycles. The average Bonchev–Trinajstić information content (AvgIpc) is 2.94. The Morgan fingerprint density at radius 2 is 2.26 bits per heavy atom. The van der Waals surface area contributed by atoms with Crippen LogP contribution in [0.2, 0.25) is 0 Å². The molecule has 3 N–H and O–H groups in total. The number of hydrogen-bond acceptors (Lipinski definition) is 6. The van der Waals surface area contributed by atoms with Crippen LogP contribution in [0.3, 0.4) is 0 Å². The number of nitrogens with one attached hydrogen (secondary N) is 1. The van der Waals surface area contributed by atoms with Crippen molar-refractivity contribution in [1.29, 1.82) is 0 Å². The fourth-order valence-electron chi connectivity index (χ4n) is 1.94. The fourth-order valence-corrected chi connectivity index (χ4v) is 2.94. The Labute approximate surface area is 114 Å². The lowest BCUT2D eigenvalue weighted by molar-refractivity contribution is 0.719. The van der Waals surface area contributed by atoms with Crippen molar-refractivity contribution in [2.75, 3.05) is 11.1 Å². The minimum absolute atomic E-state index is 0.0467. The van der Waals surface area contributed by atoms with Crippen molar-refractivity contribution >= 4 is 32.4 Å². The van der Waals surface area contributed by atoms with Crippen LogP contribution in [-0.2, 0) is 7.05 Å². The first-order valence-electron chi connectivity index (χ1n) is 5.90. The number of rotatable bonds is 3. The molecule has 6 nitrogen and oxygen atoms in total. The van der Waals surface area contributed by atoms with Gasteiger partial charge in [0.2, 0.25) is 0 Å². The Morgan fingerprint density at radius 3 is 3.00 bits per heavy atom. The Kier molecular flexibility index (Phi) is 2.83. The number of benzene rings is 1. The third-order valence-corrected chi connectivity index (χ3v) is 3.84. The maximum Gasteiger partial charge on any atom is 0.184 e. The molecular formula is C12H14N6S. The molecule has 1 aromatic carbocycles. The first-order valence-corrected chi connectivity index (χ1v) is 6.71. The smallest absolute Gasteiger partial charge is 0.184 e. The van der Waals surface area contributed by atoms with Crippen molar-refractivity contribution < 1.29 is 0 Å². The van der Waals surface area contributed by atoms with Gasteiger partial charge in [0.1, 0.15) is 6.33 Å². The van der Waals surface area contributed by atoms with Gasteiger partial charge in [-0.05, 0) is 25.1 Å². The second-order valence-corrected chi connectivity index (χ2v) is 5.44. The molecule has 0 aliphatic rings. The Morgan fingerprint density at radius 1 is 1.42 bits per heavy atom. The van der Waals surface area contributed by atoms with Crippen LogP contribution in [0.5, 0.6) is 0 Å². The summed E-state index contributed by atoms with van der Waals surface area (Å²) in [6.07, 6.45) is 1.69. The van der Waals surface area contributed by atoms with E-state index in [9.17, 15) is 0 Å². The topological polar surface area (TPSA) is 81.7 Å². The van der Waals surface area contributed by atoms with Gasteiger partial charge in [-0.1, -0.05) is 11.3 Å². The van der Waals surface area contributed by atoms with E-state index in [2.05, 4.69) is 20.5 Å². The van der Waals surface area contributed by atoms with Gasteiger partial charge >= 0.3 is 0 Å². The third kappa shape index (κ3) is 2.24. The van der Waals surface area contributed by atoms with E-state index in [4.69, 9.17) is 5.73 Å². The predicted molar refractivity (Wildman–Crippen MR) is 77.1 cm³/mol. The fraction of sp³-hybridized carbons (Fsp3) is 0.250. The largest absolute Gasteiger partial charge is 0.399 e. The van der Waals surface area contributed by atoms with Crippen molar-refractivity contribution in [1.82, 2.24) is 19.7 Å². The van der Waals surface area contributed by atoms with Crippen LogP contribution in [0, 0.1) is 0 Å². The molecule has 0 fully saturated rings. The molecule has 19 heavy (non-hydrogen) atoms. The third-order valence-electron chi connectivity index (χ3n) is 2.89. The monoisotopic (exact) mass is 274 g/mol. The van der Waals surface area contributed by atoms with Crippen molar-refractivity contribution in [2.24, 2.45) is 7.05 Å². The molecular weight excluding hydrogens is 260 g/mol. The van der Waals surface area contributed by atoms with E-state index in [1.807, 2.05) is 36.7 Å². The number of hydrogen-bond donors (Lipinski definition) is 2. The zero-order chi connectivity index (χ0) is 13.4. The summed E-state index contributed by atoms with van der Waals surface area (Å²) in [5, 5.41) is 12.2. The van der Waals surface area contributed by atoms with Crippen molar-refractivity contribution in [3.8, 4) is 0 Å². The minimum atomic E-state index is 0.0467. The molecule has 0 saturated heterocycles. The zero-order valence-electron chi connectivity index (χ0n) is 10.7. The van der Waals surface area contributed by atoms with E-state index in [1.165, 1.54) is 0 Å². The number of aromatic nitrogens is 4. The average molecular weight is 274 g/mol. The van der Waals surface area contributed by atoms with Gasteiger partial charge in [-0.15, -0.1) is 10.2 Å². The summed E-state index contributed by atoms with van der Waals surface area (Å²) in [4.78, 5) is 4.53. The number of thiazole rings is 1. The van der Waals surface area contributed by atoms with Crippen LogP contribution < -0.4 is 11.1 Å². The second kappa shape index (κ2) is 4.51. The highest BCUT2D eigenvalue weighted by atomic mass is 32.1. The summed E-state index contributed by atoms with van der Waals surface area (Å²) < 4.78 is 2.97. The van der Waals surface area contributed by atoms with Crippen LogP contribution in [0.15, 0.2) is 24.5 Å². The summed E-state index contributed by atoms with van der Waals surface area (Å²) in [5.74, 6) is 0.874. The van der Waals surface area contributed by atoms with Crippen molar-refractivity contribution in [2.45, 2.75) is 13.0 Å². The van der Waals surface area contributed by atoms with Gasteiger partial charge in [-0.25, -0.2) is 4.98 Å². The molecule has 0 spiro atoms. The summed E-state index contributed by atoms with van der Waals surface area (Å²) in [6, 6.07) is 5.77. The van der Waals surface area contributed by atoms with Crippen LogP contribution >= 0.6 is 11.3 Å². The lowest BCUT2D eigenvalue weighted by Gasteiger charge is -2.11. The standard InChI is InChI=1S/C12H14N6S/c1-7(11-17-14-6-18(11)2)15-12-16-9-4-3-8(13)5-10(9)19-12/h3-7H,13H2,1-2H3,(H,15,16). The molecule has 0 radical (unpaired) electrons. The molecule has 1 atom stereocenters. The molecule has 7 heteroatoms. The van der Waals surface area contributed by atoms with Crippen molar-refractivity contribution in [3.05, 3.63) is 30.4 Å². The number of nitrogens with two attached hydrogens (primary N) is 1. The SMILES string of the molecule is CC(Nc1nc2ccc(N)cc2s1)c1nncn1C. The molecule has 1 unspecified atom stereocenters. The zero-order valence-corrected chi connectivity index (χ0v) is 11.5. The number of anilines is 2. The lowest BCUT2D eigenvalue weighted by Crippen LogP contribution is -2.11. The minimum Gasteiger partial charge on any atom is -0.399 e. The normalized spacial score (nSPS) is 12.7. The summed E-state index contributed by atoms with van der Waals surface area (Å²) in [7, 11) is 1.92. The van der Waals surface area contributed by atoms with E-state index in [0.29, 0.717) is 0 Å². The molecule has 0 bridgehead atoms. The maximum absolute atomic E-state index is 5.77. The molecule has 0 aliphatic carbocycles. The highest BCUT2D eigenvalue weighted by Crippen LogP contribution is 2.29. The van der Waals surface area contributed by atoms with Crippen LogP contribution in [0.1, 0.15) is 18.8 Å². The van der Waals surface area contributed by atoms with Crippen LogP contribution in [-0.4, -0.2) is 19.7 Å². The Hall–Kier alpha value is -2.15. The Bertz CT molecular complexity index is 716. The molecule has 3 aromatic rings. The van der Waals surface area contributed by atoms with Crippen LogP contribution in [0.25, 0.3) is 10.2 Å². The molecule has 0 saturated carbocycles. The van der Waals surface area contributed by atoms with Gasteiger partial charge in [-0.2, -0.15) is 0 Å². The van der Waals surface area contributed by atoms with Crippen LogP contribution in [0.4, 0.5) is 10.8 Å². The molecule has 2 aromatic heterocycles. The second-order valence-electron chi connectivity index (χ2n) is 4.41. The first-order chi connectivity index (χ1) is 9.13. The highest BCUT2D eigenvalue weighted by molar-refractivity contribution is 7.22. The van der Waals surface area contributed by atoms with E-state index >= 15 is 0 Å². The lowest BCUT2D eigenvalue weighted by atomic mass is 10.3. The van der Waals surface area contributed by atoms with E-state index < -0.39 is 0 Å². The van der Waals surface area contributed by atoms with Gasteiger partial charge in [0.05, 0.1) is 16.3 Å². The summed E-state index contributed by atoms with van der Waals surface area (Å²) in [6.45, 7) is 2.03.